The average molecular weight is 714 g/mol. The van der Waals surface area contributed by atoms with E-state index in [9.17, 15) is 0 Å². The molecule has 2 radical (unpaired) electrons. The Morgan fingerprint density at radius 1 is 0.551 bits per heavy atom. The summed E-state index contributed by atoms with van der Waals surface area (Å²) in [7, 11) is 1.90. The van der Waals surface area contributed by atoms with Gasteiger partial charge in [0, 0.05) is 10.2 Å². The number of benzene rings is 3. The Labute approximate surface area is 323 Å². The molecule has 0 bridgehead atoms. The minimum absolute atomic E-state index is 0. The number of nitrogens with one attached hydrogen (secondary N) is 1. The summed E-state index contributed by atoms with van der Waals surface area (Å²) >= 11 is 0. The predicted octanol–water partition coefficient (Wildman–Crippen LogP) is 13.8. The molecule has 0 saturated heterocycles. The number of hydrogen-bond acceptors (Lipinski definition) is 0. The van der Waals surface area contributed by atoms with Gasteiger partial charge < -0.3 is 13.2 Å². The SMILES string of the molecule is CC1=[C-]C(C)C(C)=C1C.CCCCCCCCCCCCCCCCCC[NH-].[CH3-].[SiH2]c1ccccc1.[Ti+3].c1ccc(-c2ccccc2)cc1. The molecule has 0 heterocycles. The van der Waals surface area contributed by atoms with Crippen molar-refractivity contribution < 1.29 is 21.7 Å². The second-order valence-corrected chi connectivity index (χ2v) is 13.9. The summed E-state index contributed by atoms with van der Waals surface area (Å²) in [5.74, 6) is 0.560. The van der Waals surface area contributed by atoms with E-state index < -0.39 is 0 Å². The van der Waals surface area contributed by atoms with E-state index in [4.69, 9.17) is 5.73 Å². The van der Waals surface area contributed by atoms with E-state index in [0.717, 1.165) is 6.42 Å². The van der Waals surface area contributed by atoms with Crippen LogP contribution in [0.4, 0.5) is 0 Å². The zero-order chi connectivity index (χ0) is 34.4. The first-order valence-electron chi connectivity index (χ1n) is 18.8. The molecule has 0 fully saturated rings. The molecular weight excluding hydrogens is 642 g/mol. The van der Waals surface area contributed by atoms with Crippen LogP contribution in [0.3, 0.4) is 0 Å². The molecule has 1 N–H and O–H groups in total. The summed E-state index contributed by atoms with van der Waals surface area (Å²) in [6.07, 6.45) is 25.9. The van der Waals surface area contributed by atoms with Crippen molar-refractivity contribution in [3.8, 4) is 11.1 Å². The summed E-state index contributed by atoms with van der Waals surface area (Å²) in [6, 6.07) is 31.1. The fourth-order valence-corrected chi connectivity index (χ4v) is 5.85. The van der Waals surface area contributed by atoms with Gasteiger partial charge in [-0.1, -0.05) is 233 Å². The molecule has 0 saturated carbocycles. The molecule has 1 atom stereocenters. The van der Waals surface area contributed by atoms with Crippen molar-refractivity contribution in [1.29, 1.82) is 0 Å². The van der Waals surface area contributed by atoms with Crippen LogP contribution in [0, 0.1) is 19.4 Å². The number of unbranched alkanes of at least 4 members (excludes halogenated alkanes) is 15. The van der Waals surface area contributed by atoms with E-state index in [1.54, 1.807) is 0 Å². The summed E-state index contributed by atoms with van der Waals surface area (Å²) in [5.41, 5.74) is 13.9. The number of rotatable bonds is 17. The van der Waals surface area contributed by atoms with Crippen LogP contribution in [-0.2, 0) is 21.7 Å². The van der Waals surface area contributed by atoms with Gasteiger partial charge in [0.2, 0.25) is 0 Å². The molecule has 0 aliphatic heterocycles. The zero-order valence-electron chi connectivity index (χ0n) is 32.5. The standard InChI is InChI=1S/C18H38N.C12H10.C9H13.C6H7Si.CH3.Ti/c1-2-3-4-5-6-7-8-9-10-11-12-13-14-15-16-17-18-19;1-3-7-11(8-4-1)12-9-5-2-6-10-12;1-6-5-7(2)9(4)8(6)3;7-6-4-2-1-3-5-6;;/h19H,2-18H2,1H3;1-10H;6H,1-4H3;1-5H,7H2;1H3;/q-1;;-1;;-1;+3. The van der Waals surface area contributed by atoms with Crippen molar-refractivity contribution in [3.63, 3.8) is 0 Å². The summed E-state index contributed by atoms with van der Waals surface area (Å²) in [6.45, 7) is 11.6. The van der Waals surface area contributed by atoms with E-state index in [0.29, 0.717) is 12.5 Å². The average Bonchev–Trinajstić information content (AvgIpc) is 3.33. The van der Waals surface area contributed by atoms with Crippen molar-refractivity contribution in [2.75, 3.05) is 6.54 Å². The van der Waals surface area contributed by atoms with Crippen LogP contribution in [0.25, 0.3) is 16.9 Å². The molecule has 4 rings (SSSR count). The minimum Gasteiger partial charge on any atom is -0.677 e. The Kier molecular flexibility index (Phi) is 34.6. The third kappa shape index (κ3) is 26.5. The summed E-state index contributed by atoms with van der Waals surface area (Å²) in [5, 5.41) is 1.35. The Balaban J connectivity index is 0. The van der Waals surface area contributed by atoms with Gasteiger partial charge in [0.25, 0.3) is 0 Å². The van der Waals surface area contributed by atoms with Crippen LogP contribution in [0.15, 0.2) is 108 Å². The van der Waals surface area contributed by atoms with Crippen molar-refractivity contribution in [1.82, 2.24) is 0 Å². The molecule has 0 amide bonds. The van der Waals surface area contributed by atoms with Gasteiger partial charge in [-0.05, 0) is 11.1 Å². The van der Waals surface area contributed by atoms with E-state index in [1.165, 1.54) is 129 Å². The van der Waals surface area contributed by atoms with Gasteiger partial charge in [-0.3, -0.25) is 6.08 Å². The molecule has 0 aromatic heterocycles. The molecule has 3 aromatic rings. The molecule has 1 aliphatic carbocycles. The zero-order valence-corrected chi connectivity index (χ0v) is 35.4. The summed E-state index contributed by atoms with van der Waals surface area (Å²) in [4.78, 5) is 0. The van der Waals surface area contributed by atoms with E-state index in [2.05, 4.69) is 101 Å². The Hall–Kier alpha value is -1.97. The van der Waals surface area contributed by atoms with Crippen molar-refractivity contribution in [3.05, 3.63) is 127 Å². The first kappa shape index (κ1) is 49.1. The second kappa shape index (κ2) is 34.5. The fraction of sp³-hybridized carbons (Fsp3) is 0.500. The second-order valence-electron chi connectivity index (χ2n) is 13.1. The molecule has 0 spiro atoms. The molecular formula is C46H71NSiTi. The first-order chi connectivity index (χ1) is 22.9. The third-order valence-corrected chi connectivity index (χ3v) is 9.46. The molecule has 1 unspecified atom stereocenters. The van der Waals surface area contributed by atoms with Gasteiger partial charge in [0.1, 0.15) is 0 Å². The first-order valence-corrected chi connectivity index (χ1v) is 19.5. The molecule has 3 heteroatoms. The Morgan fingerprint density at radius 3 is 1.10 bits per heavy atom. The Morgan fingerprint density at radius 2 is 0.878 bits per heavy atom. The summed E-state index contributed by atoms with van der Waals surface area (Å²) < 4.78 is 0. The van der Waals surface area contributed by atoms with Crippen LogP contribution >= 0.6 is 0 Å². The minimum atomic E-state index is 0. The van der Waals surface area contributed by atoms with Crippen LogP contribution in [0.1, 0.15) is 137 Å². The molecule has 1 aliphatic rings. The Bertz CT molecular complexity index is 1120. The van der Waals surface area contributed by atoms with Gasteiger partial charge in [-0.25, -0.2) is 5.57 Å². The fourth-order valence-electron chi connectivity index (χ4n) is 5.57. The van der Waals surface area contributed by atoms with Crippen LogP contribution in [-0.4, -0.2) is 16.8 Å². The molecule has 1 nitrogen and oxygen atoms in total. The predicted molar refractivity (Wildman–Crippen MR) is 222 cm³/mol. The van der Waals surface area contributed by atoms with Crippen LogP contribution in [0.5, 0.6) is 0 Å². The van der Waals surface area contributed by atoms with Crippen molar-refractivity contribution >= 4 is 15.4 Å². The van der Waals surface area contributed by atoms with Crippen molar-refractivity contribution in [2.45, 2.75) is 137 Å². The van der Waals surface area contributed by atoms with E-state index in [1.807, 2.05) is 40.6 Å². The molecule has 49 heavy (non-hydrogen) atoms. The number of hydrogen-bond donors (Lipinski definition) is 0. The van der Waals surface area contributed by atoms with Gasteiger partial charge >= 0.3 is 21.7 Å². The van der Waals surface area contributed by atoms with Crippen LogP contribution in [0.2, 0.25) is 0 Å². The van der Waals surface area contributed by atoms with Gasteiger partial charge in [0.15, 0.2) is 0 Å². The maximum Gasteiger partial charge on any atom is 3.00 e. The van der Waals surface area contributed by atoms with E-state index in [-0.39, 0.29) is 29.1 Å². The topological polar surface area (TPSA) is 23.8 Å². The third-order valence-electron chi connectivity index (χ3n) is 8.99. The monoisotopic (exact) mass is 713 g/mol. The number of allylic oxidation sites excluding steroid dienone is 4. The largest absolute Gasteiger partial charge is 3.00 e. The van der Waals surface area contributed by atoms with Gasteiger partial charge in [-0.15, -0.1) is 6.92 Å². The van der Waals surface area contributed by atoms with Crippen LogP contribution < -0.4 is 5.19 Å². The maximum absolute atomic E-state index is 7.08. The van der Waals surface area contributed by atoms with Gasteiger partial charge in [0.05, 0.1) is 0 Å². The van der Waals surface area contributed by atoms with E-state index >= 15 is 0 Å². The molecule has 268 valence electrons. The maximum atomic E-state index is 7.08. The van der Waals surface area contributed by atoms with Crippen molar-refractivity contribution in [2.24, 2.45) is 5.92 Å². The normalized spacial score (nSPS) is 12.9. The quantitative estimate of drug-likeness (QED) is 0.0755. The van der Waals surface area contributed by atoms with Gasteiger partial charge in [-0.2, -0.15) is 17.7 Å². The smallest absolute Gasteiger partial charge is 0.677 e. The molecule has 3 aromatic carbocycles.